The number of nitrogens with zero attached hydrogens (tertiary/aromatic N) is 1. The smallest absolute Gasteiger partial charge is 0.183 e. The molecule has 1 saturated heterocycles. The van der Waals surface area contributed by atoms with Crippen molar-refractivity contribution in [3.63, 3.8) is 0 Å². The fourth-order valence-corrected chi connectivity index (χ4v) is 5.18. The largest absolute Gasteiger partial charge is 0.378 e. The van der Waals surface area contributed by atoms with Gasteiger partial charge in [-0.1, -0.05) is 71.2 Å². The number of anilines is 1. The van der Waals surface area contributed by atoms with E-state index in [1.165, 1.54) is 29.7 Å². The molecule has 35 heavy (non-hydrogen) atoms. The second-order valence-corrected chi connectivity index (χ2v) is 10.5. The summed E-state index contributed by atoms with van der Waals surface area (Å²) in [5.41, 5.74) is 3.98. The molecule has 1 aliphatic rings. The quantitative estimate of drug-likeness (QED) is 0.250. The zero-order valence-corrected chi connectivity index (χ0v) is 22.4. The Balaban J connectivity index is 1.84. The molecule has 0 amide bonds. The lowest BCUT2D eigenvalue weighted by molar-refractivity contribution is 0.0834. The molecule has 1 heterocycles. The van der Waals surface area contributed by atoms with Crippen LogP contribution in [0, 0.1) is 5.92 Å². The van der Waals surface area contributed by atoms with Crippen molar-refractivity contribution in [3.05, 3.63) is 65.2 Å². The van der Waals surface area contributed by atoms with Crippen molar-refractivity contribution < 1.29 is 9.53 Å². The van der Waals surface area contributed by atoms with Crippen molar-refractivity contribution in [1.29, 1.82) is 0 Å². The summed E-state index contributed by atoms with van der Waals surface area (Å²) in [4.78, 5) is 16.5. The molecule has 1 N–H and O–H groups in total. The van der Waals surface area contributed by atoms with Gasteiger partial charge in [-0.25, -0.2) is 0 Å². The molecule has 2 aromatic rings. The van der Waals surface area contributed by atoms with Crippen LogP contribution in [-0.2, 0) is 17.6 Å². The number of unbranched alkanes of at least 4 members (excludes halogenated alkanes) is 2. The van der Waals surface area contributed by atoms with E-state index in [-0.39, 0.29) is 5.78 Å². The molecule has 4 nitrogen and oxygen atoms in total. The van der Waals surface area contributed by atoms with Gasteiger partial charge in [-0.05, 0) is 73.5 Å². The van der Waals surface area contributed by atoms with Gasteiger partial charge in [0.05, 0.1) is 18.8 Å². The molecule has 0 radical (unpaired) electrons. The second-order valence-electron chi connectivity index (χ2n) is 10.5. The Labute approximate surface area is 213 Å². The minimum Gasteiger partial charge on any atom is -0.378 e. The highest BCUT2D eigenvalue weighted by Gasteiger charge is 2.37. The zero-order chi connectivity index (χ0) is 25.1. The van der Waals surface area contributed by atoms with E-state index in [1.807, 2.05) is 12.1 Å². The summed E-state index contributed by atoms with van der Waals surface area (Å²) in [7, 11) is 0. The van der Waals surface area contributed by atoms with E-state index < -0.39 is 5.54 Å². The van der Waals surface area contributed by atoms with E-state index in [0.717, 1.165) is 70.5 Å². The Bertz CT molecular complexity index is 885. The Kier molecular flexibility index (Phi) is 10.8. The third-order valence-corrected chi connectivity index (χ3v) is 7.03. The monoisotopic (exact) mass is 478 g/mol. The Morgan fingerprint density at radius 1 is 0.943 bits per heavy atom. The van der Waals surface area contributed by atoms with Crippen molar-refractivity contribution in [2.24, 2.45) is 5.92 Å². The standard InChI is InChI=1S/C31H46N2O2/c1-5-7-8-18-32-31(17-6-2,24-27-11-9-26(10-12-27)23-25(3)4)30(34)28-13-15-29(16-14-28)33-19-21-35-22-20-33/h9-16,25,32H,5-8,17-24H2,1-4H3. The van der Waals surface area contributed by atoms with Crippen LogP contribution >= 0.6 is 0 Å². The van der Waals surface area contributed by atoms with Crippen LogP contribution < -0.4 is 10.2 Å². The highest BCUT2D eigenvalue weighted by Crippen LogP contribution is 2.27. The molecular weight excluding hydrogens is 432 g/mol. The summed E-state index contributed by atoms with van der Waals surface area (Å²) >= 11 is 0. The molecule has 1 unspecified atom stereocenters. The van der Waals surface area contributed by atoms with Crippen LogP contribution in [0.15, 0.2) is 48.5 Å². The summed E-state index contributed by atoms with van der Waals surface area (Å²) in [6, 6.07) is 17.2. The lowest BCUT2D eigenvalue weighted by Crippen LogP contribution is -2.54. The van der Waals surface area contributed by atoms with E-state index in [4.69, 9.17) is 4.74 Å². The van der Waals surface area contributed by atoms with Crippen LogP contribution in [0.3, 0.4) is 0 Å². The minimum atomic E-state index is -0.581. The highest BCUT2D eigenvalue weighted by atomic mass is 16.5. The number of morpholine rings is 1. The molecule has 192 valence electrons. The molecule has 1 aliphatic heterocycles. The lowest BCUT2D eigenvalue weighted by Gasteiger charge is -2.34. The average Bonchev–Trinajstić information content (AvgIpc) is 2.88. The predicted molar refractivity (Wildman–Crippen MR) is 148 cm³/mol. The van der Waals surface area contributed by atoms with Crippen molar-refractivity contribution in [3.8, 4) is 0 Å². The number of ether oxygens (including phenoxy) is 1. The molecule has 4 heteroatoms. The summed E-state index contributed by atoms with van der Waals surface area (Å²) < 4.78 is 5.49. The van der Waals surface area contributed by atoms with Gasteiger partial charge in [0.2, 0.25) is 0 Å². The first-order valence-corrected chi connectivity index (χ1v) is 13.8. The summed E-state index contributed by atoms with van der Waals surface area (Å²) in [5, 5.41) is 3.76. The molecule has 2 aromatic carbocycles. The van der Waals surface area contributed by atoms with E-state index in [9.17, 15) is 4.79 Å². The Hall–Kier alpha value is -2.17. The van der Waals surface area contributed by atoms with Crippen LogP contribution in [0.2, 0.25) is 0 Å². The first-order chi connectivity index (χ1) is 17.0. The van der Waals surface area contributed by atoms with Crippen LogP contribution in [-0.4, -0.2) is 44.2 Å². The number of benzene rings is 2. The molecule has 3 rings (SSSR count). The number of rotatable bonds is 14. The molecule has 0 aromatic heterocycles. The summed E-state index contributed by atoms with van der Waals surface area (Å²) in [6.07, 6.45) is 7.06. The summed E-state index contributed by atoms with van der Waals surface area (Å²) in [6.45, 7) is 13.1. The molecule has 1 fully saturated rings. The van der Waals surface area contributed by atoms with Crippen molar-refractivity contribution in [2.75, 3.05) is 37.7 Å². The zero-order valence-electron chi connectivity index (χ0n) is 22.4. The van der Waals surface area contributed by atoms with Crippen molar-refractivity contribution in [1.82, 2.24) is 5.32 Å². The number of carbonyl (C=O) groups is 1. The van der Waals surface area contributed by atoms with Crippen LogP contribution in [0.25, 0.3) is 0 Å². The minimum absolute atomic E-state index is 0.218. The molecule has 0 spiro atoms. The van der Waals surface area contributed by atoms with Crippen LogP contribution in [0.4, 0.5) is 5.69 Å². The van der Waals surface area contributed by atoms with Gasteiger partial charge in [0, 0.05) is 24.3 Å². The maximum atomic E-state index is 14.1. The van der Waals surface area contributed by atoms with Gasteiger partial charge in [0.1, 0.15) is 0 Å². The van der Waals surface area contributed by atoms with E-state index in [2.05, 4.69) is 74.3 Å². The van der Waals surface area contributed by atoms with E-state index >= 15 is 0 Å². The van der Waals surface area contributed by atoms with Crippen LogP contribution in [0.5, 0.6) is 0 Å². The van der Waals surface area contributed by atoms with Gasteiger partial charge in [0.15, 0.2) is 5.78 Å². The fraction of sp³-hybridized carbons (Fsp3) is 0.581. The molecule has 1 atom stereocenters. The number of carbonyl (C=O) groups excluding carboxylic acids is 1. The number of Topliss-reactive ketones (excluding diaryl/α,β-unsaturated/α-hetero) is 1. The average molecular weight is 479 g/mol. The maximum Gasteiger partial charge on any atom is 0.183 e. The number of nitrogens with one attached hydrogen (secondary N) is 1. The van der Waals surface area contributed by atoms with Gasteiger partial charge in [0.25, 0.3) is 0 Å². The Morgan fingerprint density at radius 2 is 1.60 bits per heavy atom. The first-order valence-electron chi connectivity index (χ1n) is 13.8. The SMILES string of the molecule is CCCCCNC(CCC)(Cc1ccc(CC(C)C)cc1)C(=O)c1ccc(N2CCOCC2)cc1. The van der Waals surface area contributed by atoms with Gasteiger partial charge in [-0.15, -0.1) is 0 Å². The Morgan fingerprint density at radius 3 is 2.20 bits per heavy atom. The fourth-order valence-electron chi connectivity index (χ4n) is 5.18. The lowest BCUT2D eigenvalue weighted by atomic mass is 9.79. The number of ketones is 1. The predicted octanol–water partition coefficient (Wildman–Crippen LogP) is 6.47. The molecule has 0 aliphatic carbocycles. The third-order valence-electron chi connectivity index (χ3n) is 7.03. The normalized spacial score (nSPS) is 15.9. The van der Waals surface area contributed by atoms with Gasteiger partial charge in [-0.2, -0.15) is 0 Å². The first kappa shape index (κ1) is 27.4. The second kappa shape index (κ2) is 13.8. The van der Waals surface area contributed by atoms with E-state index in [1.54, 1.807) is 0 Å². The number of hydrogen-bond donors (Lipinski definition) is 1. The maximum absolute atomic E-state index is 14.1. The van der Waals surface area contributed by atoms with Crippen LogP contribution in [0.1, 0.15) is 81.3 Å². The molecule has 0 bridgehead atoms. The molecule has 0 saturated carbocycles. The van der Waals surface area contributed by atoms with Gasteiger partial charge in [-0.3, -0.25) is 4.79 Å². The summed E-state index contributed by atoms with van der Waals surface area (Å²) in [5.74, 6) is 0.859. The van der Waals surface area contributed by atoms with Crippen molar-refractivity contribution >= 4 is 11.5 Å². The highest BCUT2D eigenvalue weighted by molar-refractivity contribution is 6.03. The third kappa shape index (κ3) is 7.91. The van der Waals surface area contributed by atoms with E-state index in [0.29, 0.717) is 5.92 Å². The van der Waals surface area contributed by atoms with Gasteiger partial charge < -0.3 is 15.0 Å². The van der Waals surface area contributed by atoms with Gasteiger partial charge >= 0.3 is 0 Å². The van der Waals surface area contributed by atoms with Crippen molar-refractivity contribution in [2.45, 2.75) is 78.2 Å². The topological polar surface area (TPSA) is 41.6 Å². The molecular formula is C31H46N2O2. The number of hydrogen-bond acceptors (Lipinski definition) is 4.